The highest BCUT2D eigenvalue weighted by atomic mass is 35.5. The van der Waals surface area contributed by atoms with E-state index in [1.165, 1.54) is 0 Å². The molecule has 0 fully saturated rings. The number of nitrogens with zero attached hydrogens (tertiary/aromatic N) is 1. The van der Waals surface area contributed by atoms with Crippen LogP contribution in [0.1, 0.15) is 27.6 Å². The standard InChI is InChI=1S/C8H7ClF3N/c1-5(9)6-2-3-7(13-4-6)8(10,11)12/h2-5H,1H3/i1D3. The molecule has 0 aliphatic carbocycles. The van der Waals surface area contributed by atoms with Crippen LogP contribution in [-0.4, -0.2) is 4.98 Å². The van der Waals surface area contributed by atoms with Crippen molar-refractivity contribution in [2.24, 2.45) is 0 Å². The van der Waals surface area contributed by atoms with Gasteiger partial charge in [0.15, 0.2) is 0 Å². The van der Waals surface area contributed by atoms with Gasteiger partial charge in [-0.15, -0.1) is 11.6 Å². The van der Waals surface area contributed by atoms with E-state index in [1.807, 2.05) is 0 Å². The highest BCUT2D eigenvalue weighted by Crippen LogP contribution is 2.28. The molecular weight excluding hydrogens is 203 g/mol. The molecule has 1 rings (SSSR count). The normalized spacial score (nSPS) is 18.6. The van der Waals surface area contributed by atoms with Crippen molar-refractivity contribution < 1.29 is 17.3 Å². The van der Waals surface area contributed by atoms with Gasteiger partial charge < -0.3 is 0 Å². The lowest BCUT2D eigenvalue weighted by atomic mass is 10.2. The molecule has 0 N–H and O–H groups in total. The molecule has 1 atom stereocenters. The molecular formula is C8H7ClF3N. The Morgan fingerprint density at radius 1 is 1.54 bits per heavy atom. The number of halogens is 4. The van der Waals surface area contributed by atoms with Crippen molar-refractivity contribution in [3.05, 3.63) is 29.6 Å². The molecule has 1 unspecified atom stereocenters. The Hall–Kier alpha value is -0.770. The zero-order valence-corrected chi connectivity index (χ0v) is 7.02. The average molecular weight is 213 g/mol. The molecule has 0 saturated heterocycles. The zero-order valence-electron chi connectivity index (χ0n) is 9.27. The van der Waals surface area contributed by atoms with Gasteiger partial charge in [-0.05, 0) is 18.5 Å². The second kappa shape index (κ2) is 3.54. The van der Waals surface area contributed by atoms with E-state index >= 15 is 0 Å². The quantitative estimate of drug-likeness (QED) is 0.651. The molecule has 1 aromatic rings. The molecule has 72 valence electrons. The molecule has 0 aliphatic rings. The molecule has 0 aromatic carbocycles. The van der Waals surface area contributed by atoms with Crippen molar-refractivity contribution in [1.29, 1.82) is 0 Å². The van der Waals surface area contributed by atoms with Crippen LogP contribution in [0.3, 0.4) is 0 Å². The zero-order chi connectivity index (χ0) is 12.6. The molecule has 0 spiro atoms. The molecule has 0 amide bonds. The van der Waals surface area contributed by atoms with Crippen LogP contribution in [0.25, 0.3) is 0 Å². The van der Waals surface area contributed by atoms with E-state index in [-0.39, 0.29) is 5.56 Å². The van der Waals surface area contributed by atoms with Gasteiger partial charge in [0.25, 0.3) is 0 Å². The van der Waals surface area contributed by atoms with E-state index in [4.69, 9.17) is 15.7 Å². The minimum atomic E-state index is -4.54. The maximum absolute atomic E-state index is 12.1. The Bertz CT molecular complexity index is 360. The fourth-order valence-electron chi connectivity index (χ4n) is 0.723. The molecule has 1 heterocycles. The molecule has 0 radical (unpaired) electrons. The van der Waals surface area contributed by atoms with Crippen LogP contribution in [-0.2, 0) is 6.18 Å². The Morgan fingerprint density at radius 2 is 2.23 bits per heavy atom. The van der Waals surface area contributed by atoms with Crippen molar-refractivity contribution >= 4 is 11.6 Å². The second-order valence-electron chi connectivity index (χ2n) is 2.34. The van der Waals surface area contributed by atoms with E-state index in [0.717, 1.165) is 12.3 Å². The third kappa shape index (κ3) is 2.59. The second-order valence-corrected chi connectivity index (χ2v) is 2.77. The maximum atomic E-state index is 12.1. The van der Waals surface area contributed by atoms with E-state index in [1.54, 1.807) is 0 Å². The summed E-state index contributed by atoms with van der Waals surface area (Å²) in [6, 6.07) is 1.72. The summed E-state index contributed by atoms with van der Waals surface area (Å²) in [5.74, 6) is 0. The van der Waals surface area contributed by atoms with Crippen LogP contribution < -0.4 is 0 Å². The van der Waals surface area contributed by atoms with Crippen LogP contribution in [0.5, 0.6) is 0 Å². The van der Waals surface area contributed by atoms with Crippen molar-refractivity contribution in [3.63, 3.8) is 0 Å². The van der Waals surface area contributed by atoms with Crippen LogP contribution >= 0.6 is 11.6 Å². The summed E-state index contributed by atoms with van der Waals surface area (Å²) < 4.78 is 57.5. The largest absolute Gasteiger partial charge is 0.433 e. The maximum Gasteiger partial charge on any atom is 0.433 e. The Kier molecular flexibility index (Phi) is 1.81. The predicted octanol–water partition coefficient (Wildman–Crippen LogP) is 3.40. The molecule has 0 bridgehead atoms. The third-order valence-electron chi connectivity index (χ3n) is 1.37. The minimum Gasteiger partial charge on any atom is -0.251 e. The number of pyridine rings is 1. The number of hydrogen-bond acceptors (Lipinski definition) is 1. The highest BCUT2D eigenvalue weighted by molar-refractivity contribution is 6.20. The molecule has 13 heavy (non-hydrogen) atoms. The number of alkyl halides is 4. The number of aromatic nitrogens is 1. The fourth-order valence-corrected chi connectivity index (χ4v) is 0.852. The van der Waals surface area contributed by atoms with Crippen LogP contribution in [0.2, 0.25) is 0 Å². The Labute approximate surface area is 82.8 Å². The number of hydrogen-bond donors (Lipinski definition) is 0. The Morgan fingerprint density at radius 3 is 2.62 bits per heavy atom. The first-order valence-corrected chi connectivity index (χ1v) is 3.73. The van der Waals surface area contributed by atoms with Crippen molar-refractivity contribution in [3.8, 4) is 0 Å². The fraction of sp³-hybridized carbons (Fsp3) is 0.375. The first kappa shape index (κ1) is 6.65. The minimum absolute atomic E-state index is 0.0367. The van der Waals surface area contributed by atoms with Gasteiger partial charge >= 0.3 is 6.18 Å². The van der Waals surface area contributed by atoms with Gasteiger partial charge in [0, 0.05) is 10.3 Å². The van der Waals surface area contributed by atoms with Gasteiger partial charge in [0.1, 0.15) is 5.69 Å². The van der Waals surface area contributed by atoms with E-state index < -0.39 is 24.1 Å². The third-order valence-corrected chi connectivity index (χ3v) is 1.62. The summed E-state index contributed by atoms with van der Waals surface area (Å²) in [5, 5.41) is -1.36. The molecule has 0 saturated carbocycles. The van der Waals surface area contributed by atoms with Gasteiger partial charge in [-0.25, -0.2) is 0 Å². The lowest BCUT2D eigenvalue weighted by Gasteiger charge is -2.07. The molecule has 1 aromatic heterocycles. The SMILES string of the molecule is [2H]C([2H])([2H])C(Cl)c1ccc(C(F)(F)F)nc1. The molecule has 1 nitrogen and oxygen atoms in total. The van der Waals surface area contributed by atoms with E-state index in [9.17, 15) is 13.2 Å². The van der Waals surface area contributed by atoms with Crippen molar-refractivity contribution in [2.75, 3.05) is 0 Å². The Balaban J connectivity index is 2.96. The topological polar surface area (TPSA) is 12.9 Å². The summed E-state index contributed by atoms with van der Waals surface area (Å²) in [6.07, 6.45) is -3.72. The van der Waals surface area contributed by atoms with Crippen LogP contribution in [0, 0.1) is 0 Å². The monoisotopic (exact) mass is 212 g/mol. The average Bonchev–Trinajstić information content (AvgIpc) is 2.14. The van der Waals surface area contributed by atoms with E-state index in [0.29, 0.717) is 6.07 Å². The summed E-state index contributed by atoms with van der Waals surface area (Å²) in [4.78, 5) is 3.13. The summed E-state index contributed by atoms with van der Waals surface area (Å²) >= 11 is 5.57. The summed E-state index contributed by atoms with van der Waals surface area (Å²) in [6.45, 7) is -2.47. The lowest BCUT2D eigenvalue weighted by molar-refractivity contribution is -0.141. The summed E-state index contributed by atoms with van der Waals surface area (Å²) in [5.41, 5.74) is -1.04. The smallest absolute Gasteiger partial charge is 0.251 e. The van der Waals surface area contributed by atoms with Gasteiger partial charge in [-0.1, -0.05) is 6.07 Å². The highest BCUT2D eigenvalue weighted by Gasteiger charge is 2.32. The van der Waals surface area contributed by atoms with Crippen LogP contribution in [0.4, 0.5) is 13.2 Å². The van der Waals surface area contributed by atoms with E-state index in [2.05, 4.69) is 4.98 Å². The first-order valence-electron chi connectivity index (χ1n) is 4.79. The van der Waals surface area contributed by atoms with Gasteiger partial charge in [0.05, 0.1) is 5.38 Å². The van der Waals surface area contributed by atoms with Gasteiger partial charge in [-0.2, -0.15) is 13.2 Å². The molecule has 5 heteroatoms. The van der Waals surface area contributed by atoms with Crippen LogP contribution in [0.15, 0.2) is 18.3 Å². The number of rotatable bonds is 1. The van der Waals surface area contributed by atoms with Crippen molar-refractivity contribution in [2.45, 2.75) is 18.4 Å². The lowest BCUT2D eigenvalue weighted by Crippen LogP contribution is -2.07. The predicted molar refractivity (Wildman–Crippen MR) is 43.5 cm³/mol. The summed E-state index contributed by atoms with van der Waals surface area (Å²) in [7, 11) is 0. The van der Waals surface area contributed by atoms with Gasteiger partial charge in [-0.3, -0.25) is 4.98 Å². The van der Waals surface area contributed by atoms with Gasteiger partial charge in [0.2, 0.25) is 0 Å². The molecule has 0 aliphatic heterocycles. The van der Waals surface area contributed by atoms with Crippen molar-refractivity contribution in [1.82, 2.24) is 4.98 Å². The first-order chi connectivity index (χ1) is 7.12.